The normalized spacial score (nSPS) is 10.2. The Morgan fingerprint density at radius 3 is 2.38 bits per heavy atom. The quantitative estimate of drug-likeness (QED) is 0.782. The van der Waals surface area contributed by atoms with Gasteiger partial charge in [-0.1, -0.05) is 35.3 Å². The van der Waals surface area contributed by atoms with Gasteiger partial charge in [0.2, 0.25) is 11.8 Å². The van der Waals surface area contributed by atoms with Crippen LogP contribution in [0.15, 0.2) is 42.5 Å². The molecule has 0 aliphatic carbocycles. The molecule has 136 valence electrons. The van der Waals surface area contributed by atoms with Crippen LogP contribution in [0.1, 0.15) is 17.3 Å². The number of anilines is 2. The third-order valence-corrected chi connectivity index (χ3v) is 4.14. The van der Waals surface area contributed by atoms with E-state index >= 15 is 0 Å². The first kappa shape index (κ1) is 19.8. The first-order chi connectivity index (χ1) is 12.3. The van der Waals surface area contributed by atoms with Gasteiger partial charge in [-0.25, -0.2) is 4.79 Å². The number of rotatable bonds is 5. The molecule has 0 aliphatic rings. The minimum Gasteiger partial charge on any atom is -0.465 e. The van der Waals surface area contributed by atoms with Crippen molar-refractivity contribution >= 4 is 52.4 Å². The number of esters is 1. The largest absolute Gasteiger partial charge is 0.465 e. The van der Waals surface area contributed by atoms with Crippen molar-refractivity contribution in [2.75, 3.05) is 23.9 Å². The molecule has 0 atom stereocenters. The van der Waals surface area contributed by atoms with Gasteiger partial charge in [0.25, 0.3) is 0 Å². The number of methoxy groups -OCH3 is 1. The van der Waals surface area contributed by atoms with Gasteiger partial charge in [0.05, 0.1) is 34.1 Å². The van der Waals surface area contributed by atoms with E-state index in [1.807, 2.05) is 0 Å². The molecule has 0 saturated carbocycles. The van der Waals surface area contributed by atoms with Crippen molar-refractivity contribution in [2.24, 2.45) is 0 Å². The molecule has 8 heteroatoms. The van der Waals surface area contributed by atoms with Crippen molar-refractivity contribution in [3.63, 3.8) is 0 Å². The summed E-state index contributed by atoms with van der Waals surface area (Å²) in [5.41, 5.74) is 0.873. The lowest BCUT2D eigenvalue weighted by molar-refractivity contribution is -0.120. The Labute approximate surface area is 160 Å². The van der Waals surface area contributed by atoms with Crippen molar-refractivity contribution in [3.8, 4) is 0 Å². The summed E-state index contributed by atoms with van der Waals surface area (Å²) in [6.45, 7) is 0.995. The molecule has 0 aliphatic heterocycles. The average molecular weight is 395 g/mol. The molecule has 0 heterocycles. The fourth-order valence-corrected chi connectivity index (χ4v) is 2.63. The Morgan fingerprint density at radius 2 is 1.77 bits per heavy atom. The molecule has 26 heavy (non-hydrogen) atoms. The molecule has 0 spiro atoms. The van der Waals surface area contributed by atoms with E-state index in [9.17, 15) is 14.4 Å². The molecule has 0 aromatic heterocycles. The van der Waals surface area contributed by atoms with Gasteiger partial charge in [0.1, 0.15) is 6.54 Å². The first-order valence-electron chi connectivity index (χ1n) is 7.54. The molecule has 0 radical (unpaired) electrons. The Kier molecular flexibility index (Phi) is 6.60. The van der Waals surface area contributed by atoms with Crippen molar-refractivity contribution in [2.45, 2.75) is 6.92 Å². The standard InChI is InChI=1S/C18H16Cl2N2O4/c1-11(23)22(10-17(24)21-15-6-4-3-5-13(15)19)16-9-12(18(25)26-2)7-8-14(16)20/h3-9H,10H2,1-2H3,(H,21,24). The van der Waals surface area contributed by atoms with Gasteiger partial charge in [-0.3, -0.25) is 9.59 Å². The monoisotopic (exact) mass is 394 g/mol. The van der Waals surface area contributed by atoms with Crippen molar-refractivity contribution in [1.29, 1.82) is 0 Å². The first-order valence-corrected chi connectivity index (χ1v) is 8.29. The number of nitrogens with zero attached hydrogens (tertiary/aromatic N) is 1. The van der Waals surface area contributed by atoms with Crippen LogP contribution in [0, 0.1) is 0 Å². The van der Waals surface area contributed by atoms with E-state index in [2.05, 4.69) is 10.1 Å². The summed E-state index contributed by atoms with van der Waals surface area (Å²) in [6, 6.07) is 11.1. The number of hydrogen-bond donors (Lipinski definition) is 1. The summed E-state index contributed by atoms with van der Waals surface area (Å²) >= 11 is 12.2. The van der Waals surface area contributed by atoms with Crippen molar-refractivity contribution < 1.29 is 19.1 Å². The lowest BCUT2D eigenvalue weighted by atomic mass is 10.2. The number of ether oxygens (including phenoxy) is 1. The van der Waals surface area contributed by atoms with E-state index in [4.69, 9.17) is 23.2 Å². The highest BCUT2D eigenvalue weighted by atomic mass is 35.5. The Hall–Kier alpha value is -2.57. The second-order valence-electron chi connectivity index (χ2n) is 5.29. The minimum absolute atomic E-state index is 0.213. The number of nitrogens with one attached hydrogen (secondary N) is 1. The predicted molar refractivity (Wildman–Crippen MR) is 101 cm³/mol. The summed E-state index contributed by atoms with van der Waals surface area (Å²) in [5.74, 6) is -1.46. The molecule has 0 bridgehead atoms. The zero-order chi connectivity index (χ0) is 19.3. The number of hydrogen-bond acceptors (Lipinski definition) is 4. The third-order valence-electron chi connectivity index (χ3n) is 3.49. The highest BCUT2D eigenvalue weighted by molar-refractivity contribution is 6.34. The van der Waals surface area contributed by atoms with E-state index < -0.39 is 17.8 Å². The van der Waals surface area contributed by atoms with Crippen LogP contribution in [-0.2, 0) is 14.3 Å². The smallest absolute Gasteiger partial charge is 0.337 e. The van der Waals surface area contributed by atoms with Crippen molar-refractivity contribution in [3.05, 3.63) is 58.1 Å². The van der Waals surface area contributed by atoms with Gasteiger partial charge in [0, 0.05) is 6.92 Å². The van der Waals surface area contributed by atoms with Crippen LogP contribution in [-0.4, -0.2) is 31.4 Å². The van der Waals surface area contributed by atoms with Gasteiger partial charge in [0.15, 0.2) is 0 Å². The minimum atomic E-state index is -0.577. The fourth-order valence-electron chi connectivity index (χ4n) is 2.23. The predicted octanol–water partition coefficient (Wildman–Crippen LogP) is 3.77. The number of halogens is 2. The highest BCUT2D eigenvalue weighted by Gasteiger charge is 2.20. The molecular formula is C18H16Cl2N2O4. The number of amides is 2. The van der Waals surface area contributed by atoms with Crippen LogP contribution >= 0.6 is 23.2 Å². The molecular weight excluding hydrogens is 379 g/mol. The number of carbonyl (C=O) groups is 3. The molecule has 0 unspecified atom stereocenters. The number of carbonyl (C=O) groups excluding carboxylic acids is 3. The summed E-state index contributed by atoms with van der Waals surface area (Å²) in [4.78, 5) is 37.3. The molecule has 0 fully saturated rings. The second-order valence-corrected chi connectivity index (χ2v) is 6.11. The van der Waals surface area contributed by atoms with Crippen LogP contribution in [0.5, 0.6) is 0 Å². The molecule has 2 amide bonds. The second kappa shape index (κ2) is 8.69. The number of para-hydroxylation sites is 1. The van der Waals surface area contributed by atoms with Crippen LogP contribution < -0.4 is 10.2 Å². The van der Waals surface area contributed by atoms with Gasteiger partial charge < -0.3 is 15.0 Å². The maximum absolute atomic E-state index is 12.3. The van der Waals surface area contributed by atoms with Crippen LogP contribution in [0.3, 0.4) is 0 Å². The third kappa shape index (κ3) is 4.74. The molecule has 2 aromatic carbocycles. The summed E-state index contributed by atoms with van der Waals surface area (Å²) in [7, 11) is 1.25. The van der Waals surface area contributed by atoms with E-state index in [-0.39, 0.29) is 22.8 Å². The highest BCUT2D eigenvalue weighted by Crippen LogP contribution is 2.28. The van der Waals surface area contributed by atoms with Crippen LogP contribution in [0.2, 0.25) is 10.0 Å². The van der Waals surface area contributed by atoms with Gasteiger partial charge in [-0.05, 0) is 30.3 Å². The topological polar surface area (TPSA) is 75.7 Å². The van der Waals surface area contributed by atoms with Gasteiger partial charge in [-0.2, -0.15) is 0 Å². The van der Waals surface area contributed by atoms with E-state index in [1.165, 1.54) is 37.1 Å². The summed E-state index contributed by atoms with van der Waals surface area (Å²) < 4.78 is 4.67. The fraction of sp³-hybridized carbons (Fsp3) is 0.167. The maximum atomic E-state index is 12.3. The maximum Gasteiger partial charge on any atom is 0.337 e. The Balaban J connectivity index is 2.26. The average Bonchev–Trinajstić information content (AvgIpc) is 2.61. The number of benzene rings is 2. The molecule has 2 aromatic rings. The van der Waals surface area contributed by atoms with Crippen LogP contribution in [0.25, 0.3) is 0 Å². The zero-order valence-corrected chi connectivity index (χ0v) is 15.6. The van der Waals surface area contributed by atoms with Crippen molar-refractivity contribution in [1.82, 2.24) is 0 Å². The summed E-state index contributed by atoms with van der Waals surface area (Å²) in [5, 5.41) is 3.23. The van der Waals surface area contributed by atoms with E-state index in [0.717, 1.165) is 0 Å². The Bertz CT molecular complexity index is 855. The Morgan fingerprint density at radius 1 is 1.08 bits per heavy atom. The van der Waals surface area contributed by atoms with Gasteiger partial charge >= 0.3 is 5.97 Å². The van der Waals surface area contributed by atoms with E-state index in [1.54, 1.807) is 24.3 Å². The SMILES string of the molecule is COC(=O)c1ccc(Cl)c(N(CC(=O)Nc2ccccc2Cl)C(C)=O)c1. The van der Waals surface area contributed by atoms with Gasteiger partial charge in [-0.15, -0.1) is 0 Å². The molecule has 1 N–H and O–H groups in total. The van der Waals surface area contributed by atoms with Crippen LogP contribution in [0.4, 0.5) is 11.4 Å². The lowest BCUT2D eigenvalue weighted by Crippen LogP contribution is -2.37. The molecule has 6 nitrogen and oxygen atoms in total. The molecule has 0 saturated heterocycles. The lowest BCUT2D eigenvalue weighted by Gasteiger charge is -2.22. The van der Waals surface area contributed by atoms with E-state index in [0.29, 0.717) is 10.7 Å². The summed E-state index contributed by atoms with van der Waals surface area (Å²) in [6.07, 6.45) is 0. The zero-order valence-electron chi connectivity index (χ0n) is 14.1. The molecule has 2 rings (SSSR count).